The lowest BCUT2D eigenvalue weighted by Gasteiger charge is -2.25. The average Bonchev–Trinajstić information content (AvgIpc) is 2.55. The zero-order valence-electron chi connectivity index (χ0n) is 8.64. The second-order valence-corrected chi connectivity index (χ2v) is 6.16. The molecular weight excluding hydrogens is 216 g/mol. The molecule has 0 unspecified atom stereocenters. The number of rotatable bonds is 2. The Morgan fingerprint density at radius 1 is 1.47 bits per heavy atom. The van der Waals surface area contributed by atoms with Gasteiger partial charge >= 0.3 is 0 Å². The topological polar surface area (TPSA) is 63.4 Å². The minimum Gasteiger partial charge on any atom is -0.361 e. The fourth-order valence-electron chi connectivity index (χ4n) is 1.63. The predicted molar refractivity (Wildman–Crippen MR) is 55.2 cm³/mol. The Kier molecular flexibility index (Phi) is 2.79. The molecule has 0 atom stereocenters. The van der Waals surface area contributed by atoms with Crippen LogP contribution < -0.4 is 0 Å². The van der Waals surface area contributed by atoms with Crippen LogP contribution in [0.15, 0.2) is 10.6 Å². The zero-order valence-corrected chi connectivity index (χ0v) is 9.46. The first-order chi connectivity index (χ1) is 7.05. The van der Waals surface area contributed by atoms with Crippen LogP contribution in [-0.4, -0.2) is 43.1 Å². The Hall–Kier alpha value is -0.880. The Bertz CT molecular complexity index is 424. The summed E-state index contributed by atoms with van der Waals surface area (Å²) in [6.45, 7) is 3.70. The third-order valence-corrected chi connectivity index (χ3v) is 4.11. The lowest BCUT2D eigenvalue weighted by atomic mass is 10.3. The molecule has 1 aromatic rings. The van der Waals surface area contributed by atoms with Crippen LogP contribution in [0.1, 0.15) is 11.5 Å². The van der Waals surface area contributed by atoms with E-state index in [1.807, 2.05) is 13.0 Å². The quantitative estimate of drug-likeness (QED) is 0.727. The first-order valence-electron chi connectivity index (χ1n) is 4.90. The monoisotopic (exact) mass is 230 g/mol. The van der Waals surface area contributed by atoms with E-state index in [0.717, 1.165) is 11.5 Å². The van der Waals surface area contributed by atoms with E-state index in [1.54, 1.807) is 0 Å². The molecule has 15 heavy (non-hydrogen) atoms. The van der Waals surface area contributed by atoms with E-state index in [2.05, 4.69) is 10.1 Å². The third-order valence-electron chi connectivity index (χ3n) is 2.50. The smallest absolute Gasteiger partial charge is 0.152 e. The molecule has 1 aliphatic rings. The number of aryl methyl sites for hydroxylation is 1. The predicted octanol–water partition coefficient (Wildman–Crippen LogP) is 0.213. The highest BCUT2D eigenvalue weighted by molar-refractivity contribution is 7.91. The molecule has 0 N–H and O–H groups in total. The Balaban J connectivity index is 1.92. The van der Waals surface area contributed by atoms with Gasteiger partial charge in [0.05, 0.1) is 17.2 Å². The van der Waals surface area contributed by atoms with Crippen LogP contribution in [-0.2, 0) is 16.4 Å². The van der Waals surface area contributed by atoms with Crippen molar-refractivity contribution in [3.8, 4) is 0 Å². The van der Waals surface area contributed by atoms with Crippen molar-refractivity contribution in [1.29, 1.82) is 0 Å². The number of nitrogens with zero attached hydrogens (tertiary/aromatic N) is 2. The van der Waals surface area contributed by atoms with E-state index in [4.69, 9.17) is 4.52 Å². The van der Waals surface area contributed by atoms with Gasteiger partial charge in [0.2, 0.25) is 0 Å². The van der Waals surface area contributed by atoms with Crippen LogP contribution in [0.2, 0.25) is 0 Å². The van der Waals surface area contributed by atoms with Crippen molar-refractivity contribution in [1.82, 2.24) is 10.1 Å². The highest BCUT2D eigenvalue weighted by Gasteiger charge is 2.22. The van der Waals surface area contributed by atoms with E-state index in [9.17, 15) is 8.42 Å². The van der Waals surface area contributed by atoms with Gasteiger partial charge in [-0.25, -0.2) is 8.42 Å². The largest absolute Gasteiger partial charge is 0.361 e. The Morgan fingerprint density at radius 3 is 2.67 bits per heavy atom. The zero-order chi connectivity index (χ0) is 10.9. The number of hydrogen-bond acceptors (Lipinski definition) is 5. The molecule has 84 valence electrons. The van der Waals surface area contributed by atoms with Crippen molar-refractivity contribution in [3.63, 3.8) is 0 Å². The van der Waals surface area contributed by atoms with Crippen molar-refractivity contribution in [3.05, 3.63) is 17.5 Å². The number of hydrogen-bond donors (Lipinski definition) is 0. The summed E-state index contributed by atoms with van der Waals surface area (Å²) in [5, 5.41) is 3.88. The van der Waals surface area contributed by atoms with Gasteiger partial charge in [0, 0.05) is 25.7 Å². The summed E-state index contributed by atoms with van der Waals surface area (Å²) in [5.74, 6) is 1.29. The van der Waals surface area contributed by atoms with Gasteiger partial charge in [-0.1, -0.05) is 5.16 Å². The van der Waals surface area contributed by atoms with E-state index in [0.29, 0.717) is 19.6 Å². The molecule has 0 radical (unpaired) electrons. The summed E-state index contributed by atoms with van der Waals surface area (Å²) < 4.78 is 27.3. The second kappa shape index (κ2) is 3.94. The highest BCUT2D eigenvalue weighted by atomic mass is 32.2. The van der Waals surface area contributed by atoms with Crippen molar-refractivity contribution in [2.75, 3.05) is 24.6 Å². The summed E-state index contributed by atoms with van der Waals surface area (Å²) in [5.41, 5.74) is 0.867. The fourth-order valence-corrected chi connectivity index (χ4v) is 2.91. The summed E-state index contributed by atoms with van der Waals surface area (Å²) in [7, 11) is -2.79. The summed E-state index contributed by atoms with van der Waals surface area (Å²) in [6, 6.07) is 1.88. The lowest BCUT2D eigenvalue weighted by Crippen LogP contribution is -2.39. The molecule has 0 amide bonds. The van der Waals surface area contributed by atoms with E-state index in [-0.39, 0.29) is 11.5 Å². The van der Waals surface area contributed by atoms with Gasteiger partial charge < -0.3 is 4.52 Å². The standard InChI is InChI=1S/C9H14N2O3S/c1-8-6-9(10-14-8)7-11-2-4-15(12,13)5-3-11/h6H,2-5,7H2,1H3. The van der Waals surface area contributed by atoms with Gasteiger partial charge in [-0.2, -0.15) is 0 Å². The van der Waals surface area contributed by atoms with Gasteiger partial charge in [0.1, 0.15) is 5.76 Å². The summed E-state index contributed by atoms with van der Waals surface area (Å²) in [6.07, 6.45) is 0. The van der Waals surface area contributed by atoms with Gasteiger partial charge in [-0.15, -0.1) is 0 Å². The molecule has 0 aromatic carbocycles. The molecule has 0 aliphatic carbocycles. The van der Waals surface area contributed by atoms with E-state index in [1.165, 1.54) is 0 Å². The van der Waals surface area contributed by atoms with Gasteiger partial charge in [-0.05, 0) is 6.92 Å². The Morgan fingerprint density at radius 2 is 2.13 bits per heavy atom. The third kappa shape index (κ3) is 2.79. The van der Waals surface area contributed by atoms with Crippen molar-refractivity contribution in [2.24, 2.45) is 0 Å². The molecule has 1 saturated heterocycles. The van der Waals surface area contributed by atoms with Crippen LogP contribution in [0.25, 0.3) is 0 Å². The first kappa shape index (κ1) is 10.6. The molecule has 1 fully saturated rings. The average molecular weight is 230 g/mol. The molecule has 1 aliphatic heterocycles. The summed E-state index contributed by atoms with van der Waals surface area (Å²) >= 11 is 0. The lowest BCUT2D eigenvalue weighted by molar-refractivity contribution is 0.276. The first-order valence-corrected chi connectivity index (χ1v) is 6.72. The summed E-state index contributed by atoms with van der Waals surface area (Å²) in [4.78, 5) is 2.08. The van der Waals surface area contributed by atoms with Crippen LogP contribution in [0.4, 0.5) is 0 Å². The minimum atomic E-state index is -2.79. The van der Waals surface area contributed by atoms with E-state index < -0.39 is 9.84 Å². The van der Waals surface area contributed by atoms with Crippen molar-refractivity contribution < 1.29 is 12.9 Å². The van der Waals surface area contributed by atoms with Crippen molar-refractivity contribution >= 4 is 9.84 Å². The molecule has 5 nitrogen and oxygen atoms in total. The van der Waals surface area contributed by atoms with Gasteiger partial charge in [-0.3, -0.25) is 4.90 Å². The molecule has 2 heterocycles. The molecule has 2 rings (SSSR count). The maximum Gasteiger partial charge on any atom is 0.152 e. The number of sulfone groups is 1. The molecule has 6 heteroatoms. The van der Waals surface area contributed by atoms with Crippen LogP contribution in [0.5, 0.6) is 0 Å². The minimum absolute atomic E-state index is 0.254. The van der Waals surface area contributed by atoms with E-state index >= 15 is 0 Å². The second-order valence-electron chi connectivity index (χ2n) is 3.86. The molecule has 1 aromatic heterocycles. The Labute approximate surface area is 89.0 Å². The number of aromatic nitrogens is 1. The van der Waals surface area contributed by atoms with Crippen molar-refractivity contribution in [2.45, 2.75) is 13.5 Å². The fraction of sp³-hybridized carbons (Fsp3) is 0.667. The van der Waals surface area contributed by atoms with Crippen LogP contribution in [0.3, 0.4) is 0 Å². The maximum atomic E-state index is 11.2. The SMILES string of the molecule is Cc1cc(CN2CCS(=O)(=O)CC2)no1. The molecular formula is C9H14N2O3S. The van der Waals surface area contributed by atoms with Gasteiger partial charge in [0.25, 0.3) is 0 Å². The normalized spacial score (nSPS) is 21.7. The van der Waals surface area contributed by atoms with Gasteiger partial charge in [0.15, 0.2) is 9.84 Å². The molecule has 0 saturated carbocycles. The molecule has 0 bridgehead atoms. The molecule has 0 spiro atoms. The highest BCUT2D eigenvalue weighted by Crippen LogP contribution is 2.09. The van der Waals surface area contributed by atoms with Crippen LogP contribution >= 0.6 is 0 Å². The maximum absolute atomic E-state index is 11.2. The van der Waals surface area contributed by atoms with Crippen LogP contribution in [0, 0.1) is 6.92 Å².